The molecule has 2 amide bonds. The van der Waals surface area contributed by atoms with E-state index >= 15 is 0 Å². The molecule has 3 N–H and O–H groups in total. The third-order valence-corrected chi connectivity index (χ3v) is 2.93. The van der Waals surface area contributed by atoms with Crippen molar-refractivity contribution in [2.75, 3.05) is 38.7 Å². The summed E-state index contributed by atoms with van der Waals surface area (Å²) in [4.78, 5) is 24.8. The van der Waals surface area contributed by atoms with Crippen molar-refractivity contribution in [3.8, 4) is 5.75 Å². The summed E-state index contributed by atoms with van der Waals surface area (Å²) in [7, 11) is 1.46. The van der Waals surface area contributed by atoms with Gasteiger partial charge in [0.25, 0.3) is 0 Å². The van der Waals surface area contributed by atoms with Crippen molar-refractivity contribution < 1.29 is 24.5 Å². The summed E-state index contributed by atoms with van der Waals surface area (Å²) < 4.78 is 4.98. The van der Waals surface area contributed by atoms with E-state index in [0.29, 0.717) is 16.5 Å². The molecule has 0 bridgehead atoms. The number of methoxy groups -OCH3 is 1. The molecule has 7 nitrogen and oxygen atoms in total. The Kier molecular flexibility index (Phi) is 6.93. The summed E-state index contributed by atoms with van der Waals surface area (Å²) in [5, 5.41) is 20.4. The van der Waals surface area contributed by atoms with E-state index in [2.05, 4.69) is 5.32 Å². The average Bonchev–Trinajstić information content (AvgIpc) is 2.46. The van der Waals surface area contributed by atoms with E-state index in [1.54, 1.807) is 6.07 Å². The maximum Gasteiger partial charge on any atom is 0.313 e. The van der Waals surface area contributed by atoms with Crippen molar-refractivity contribution in [3.63, 3.8) is 0 Å². The number of nitrogens with one attached hydrogen (secondary N) is 1. The second kappa shape index (κ2) is 8.46. The minimum absolute atomic E-state index is 0.0316. The fourth-order valence-corrected chi connectivity index (χ4v) is 1.89. The number of anilines is 1. The monoisotopic (exact) mass is 316 g/mol. The van der Waals surface area contributed by atoms with Crippen LogP contribution in [0.3, 0.4) is 0 Å². The number of halogens is 1. The van der Waals surface area contributed by atoms with Gasteiger partial charge in [0.15, 0.2) is 0 Å². The van der Waals surface area contributed by atoms with Gasteiger partial charge in [-0.1, -0.05) is 11.6 Å². The Morgan fingerprint density at radius 1 is 1.29 bits per heavy atom. The Labute approximate surface area is 127 Å². The molecule has 0 atom stereocenters. The van der Waals surface area contributed by atoms with Gasteiger partial charge in [-0.2, -0.15) is 0 Å². The fourth-order valence-electron chi connectivity index (χ4n) is 1.63. The fraction of sp³-hybridized carbons (Fsp3) is 0.385. The molecule has 0 fully saturated rings. The number of ether oxygens (including phenoxy) is 1. The van der Waals surface area contributed by atoms with Crippen LogP contribution < -0.4 is 10.1 Å². The second-order valence-corrected chi connectivity index (χ2v) is 4.45. The Hall–Kier alpha value is -1.83. The Balaban J connectivity index is 2.75. The summed E-state index contributed by atoms with van der Waals surface area (Å²) >= 11 is 5.92. The van der Waals surface area contributed by atoms with Crippen molar-refractivity contribution in [2.45, 2.75) is 0 Å². The molecule has 0 aliphatic carbocycles. The van der Waals surface area contributed by atoms with Crippen molar-refractivity contribution in [3.05, 3.63) is 23.2 Å². The summed E-state index contributed by atoms with van der Waals surface area (Å²) in [5.41, 5.74) is 0.340. The summed E-state index contributed by atoms with van der Waals surface area (Å²) in [6, 6.07) is 4.55. The first-order valence-corrected chi connectivity index (χ1v) is 6.56. The number of aliphatic hydroxyl groups excluding tert-OH is 2. The van der Waals surface area contributed by atoms with Gasteiger partial charge in [-0.25, -0.2) is 0 Å². The Morgan fingerprint density at radius 3 is 2.38 bits per heavy atom. The maximum absolute atomic E-state index is 11.9. The Bertz CT molecular complexity index is 503. The molecule has 0 aliphatic heterocycles. The molecule has 0 saturated carbocycles. The molecule has 1 rings (SSSR count). The van der Waals surface area contributed by atoms with E-state index < -0.39 is 11.8 Å². The first-order chi connectivity index (χ1) is 10.0. The highest BCUT2D eigenvalue weighted by atomic mass is 35.5. The smallest absolute Gasteiger partial charge is 0.313 e. The van der Waals surface area contributed by atoms with Gasteiger partial charge in [0.1, 0.15) is 5.75 Å². The average molecular weight is 317 g/mol. The third kappa shape index (κ3) is 4.89. The lowest BCUT2D eigenvalue weighted by molar-refractivity contribution is -0.143. The Morgan fingerprint density at radius 2 is 1.90 bits per heavy atom. The van der Waals surface area contributed by atoms with Gasteiger partial charge in [-0.15, -0.1) is 0 Å². The van der Waals surface area contributed by atoms with Gasteiger partial charge in [0.2, 0.25) is 0 Å². The maximum atomic E-state index is 11.9. The molecule has 0 saturated heterocycles. The number of nitrogens with zero attached hydrogens (tertiary/aromatic N) is 1. The molecule has 8 heteroatoms. The lowest BCUT2D eigenvalue weighted by atomic mass is 10.3. The van der Waals surface area contributed by atoms with Crippen LogP contribution in [0.1, 0.15) is 0 Å². The zero-order chi connectivity index (χ0) is 15.8. The molecule has 116 valence electrons. The van der Waals surface area contributed by atoms with Gasteiger partial charge in [-0.05, 0) is 18.2 Å². The number of amides is 2. The summed E-state index contributed by atoms with van der Waals surface area (Å²) in [5.74, 6) is -1.27. The van der Waals surface area contributed by atoms with E-state index in [1.165, 1.54) is 19.2 Å². The van der Waals surface area contributed by atoms with Crippen molar-refractivity contribution in [1.82, 2.24) is 4.90 Å². The zero-order valence-electron chi connectivity index (χ0n) is 11.5. The number of carbonyl (C=O) groups is 2. The highest BCUT2D eigenvalue weighted by molar-refractivity contribution is 6.39. The van der Waals surface area contributed by atoms with E-state index in [0.717, 1.165) is 4.90 Å². The molecular formula is C13H17ClN2O5. The first kappa shape index (κ1) is 17.2. The molecule has 0 aliphatic rings. The van der Waals surface area contributed by atoms with Gasteiger partial charge in [0, 0.05) is 18.8 Å². The number of rotatable bonds is 6. The van der Waals surface area contributed by atoms with Gasteiger partial charge < -0.3 is 25.2 Å². The summed E-state index contributed by atoms with van der Waals surface area (Å²) in [6.07, 6.45) is 0. The topological polar surface area (TPSA) is 99.1 Å². The first-order valence-electron chi connectivity index (χ1n) is 6.19. The van der Waals surface area contributed by atoms with Gasteiger partial charge >= 0.3 is 11.8 Å². The molecular weight excluding hydrogens is 300 g/mol. The minimum atomic E-state index is -0.877. The van der Waals surface area contributed by atoms with Crippen molar-refractivity contribution in [1.29, 1.82) is 0 Å². The molecule has 0 radical (unpaired) electrons. The predicted molar refractivity (Wildman–Crippen MR) is 77.4 cm³/mol. The standard InChI is InChI=1S/C13H17ClN2O5/c1-21-11-3-2-9(8-10(11)14)15-12(19)13(20)16(4-6-17)5-7-18/h2-3,8,17-18H,4-7H2,1H3,(H,15,19). The zero-order valence-corrected chi connectivity index (χ0v) is 12.3. The summed E-state index contributed by atoms with van der Waals surface area (Å²) in [6.45, 7) is -0.660. The van der Waals surface area contributed by atoms with E-state index in [9.17, 15) is 9.59 Å². The lowest BCUT2D eigenvalue weighted by Gasteiger charge is -2.19. The van der Waals surface area contributed by atoms with Crippen LogP contribution in [-0.4, -0.2) is 60.3 Å². The molecule has 0 aromatic heterocycles. The van der Waals surface area contributed by atoms with Crippen molar-refractivity contribution in [2.24, 2.45) is 0 Å². The largest absolute Gasteiger partial charge is 0.495 e. The van der Waals surface area contributed by atoms with Crippen LogP contribution in [0.5, 0.6) is 5.75 Å². The van der Waals surface area contributed by atoms with Crippen LogP contribution in [0.25, 0.3) is 0 Å². The highest BCUT2D eigenvalue weighted by Gasteiger charge is 2.21. The van der Waals surface area contributed by atoms with E-state index in [4.69, 9.17) is 26.6 Å². The normalized spacial score (nSPS) is 10.1. The molecule has 1 aromatic carbocycles. The van der Waals surface area contributed by atoms with Crippen LogP contribution in [-0.2, 0) is 9.59 Å². The molecule has 21 heavy (non-hydrogen) atoms. The minimum Gasteiger partial charge on any atom is -0.495 e. The lowest BCUT2D eigenvalue weighted by Crippen LogP contribution is -2.42. The van der Waals surface area contributed by atoms with Crippen LogP contribution in [0, 0.1) is 0 Å². The van der Waals surface area contributed by atoms with Crippen LogP contribution in [0.15, 0.2) is 18.2 Å². The van der Waals surface area contributed by atoms with E-state index in [1.807, 2.05) is 0 Å². The number of carbonyl (C=O) groups excluding carboxylic acids is 2. The molecule has 0 unspecified atom stereocenters. The number of benzene rings is 1. The third-order valence-electron chi connectivity index (χ3n) is 2.63. The van der Waals surface area contributed by atoms with Crippen LogP contribution in [0.2, 0.25) is 5.02 Å². The SMILES string of the molecule is COc1ccc(NC(=O)C(=O)N(CCO)CCO)cc1Cl. The second-order valence-electron chi connectivity index (χ2n) is 4.04. The molecule has 0 spiro atoms. The quantitative estimate of drug-likeness (QED) is 0.647. The van der Waals surface area contributed by atoms with E-state index in [-0.39, 0.29) is 26.3 Å². The van der Waals surface area contributed by atoms with Gasteiger partial charge in [-0.3, -0.25) is 9.59 Å². The number of hydrogen-bond donors (Lipinski definition) is 3. The van der Waals surface area contributed by atoms with Crippen LogP contribution >= 0.6 is 11.6 Å². The predicted octanol–water partition coefficient (Wildman–Crippen LogP) is 0.100. The number of hydrogen-bond acceptors (Lipinski definition) is 5. The number of aliphatic hydroxyl groups is 2. The van der Waals surface area contributed by atoms with Gasteiger partial charge in [0.05, 0.1) is 25.3 Å². The van der Waals surface area contributed by atoms with Crippen LogP contribution in [0.4, 0.5) is 5.69 Å². The molecule has 1 aromatic rings. The van der Waals surface area contributed by atoms with Crippen molar-refractivity contribution >= 4 is 29.1 Å². The molecule has 0 heterocycles. The highest BCUT2D eigenvalue weighted by Crippen LogP contribution is 2.27.